The van der Waals surface area contributed by atoms with Crippen molar-refractivity contribution >= 4 is 23.0 Å². The Labute approximate surface area is 104 Å². The van der Waals surface area contributed by atoms with Gasteiger partial charge in [0.25, 0.3) is 0 Å². The van der Waals surface area contributed by atoms with E-state index in [0.717, 1.165) is 5.69 Å². The fourth-order valence-electron chi connectivity index (χ4n) is 1.49. The van der Waals surface area contributed by atoms with Crippen molar-refractivity contribution in [2.45, 2.75) is 6.54 Å². The van der Waals surface area contributed by atoms with E-state index < -0.39 is 0 Å². The number of benzene rings is 2. The average molecular weight is 251 g/mol. The van der Waals surface area contributed by atoms with Gasteiger partial charge >= 0.3 is 0 Å². The van der Waals surface area contributed by atoms with Gasteiger partial charge in [0.15, 0.2) is 0 Å². The third kappa shape index (κ3) is 2.88. The molecule has 2 rings (SSSR count). The second-order valence-corrected chi connectivity index (χ2v) is 4.08. The van der Waals surface area contributed by atoms with Gasteiger partial charge in [0.1, 0.15) is 5.82 Å². The molecule has 17 heavy (non-hydrogen) atoms. The van der Waals surface area contributed by atoms with Crippen LogP contribution in [0.3, 0.4) is 0 Å². The molecule has 4 heteroatoms. The fourth-order valence-corrected chi connectivity index (χ4v) is 1.72. The Morgan fingerprint density at radius 3 is 2.47 bits per heavy atom. The molecule has 88 valence electrons. The SMILES string of the molecule is Nc1ccc(NCc2c(F)cccc2Cl)cc1. The molecule has 0 bridgehead atoms. The first-order valence-corrected chi connectivity index (χ1v) is 5.57. The number of rotatable bonds is 3. The minimum absolute atomic E-state index is 0.305. The lowest BCUT2D eigenvalue weighted by atomic mass is 10.2. The van der Waals surface area contributed by atoms with Crippen molar-refractivity contribution in [2.24, 2.45) is 0 Å². The van der Waals surface area contributed by atoms with Gasteiger partial charge in [-0.25, -0.2) is 4.39 Å². The minimum atomic E-state index is -0.305. The molecule has 0 fully saturated rings. The summed E-state index contributed by atoms with van der Waals surface area (Å²) in [5.74, 6) is -0.305. The third-order valence-electron chi connectivity index (χ3n) is 2.44. The smallest absolute Gasteiger partial charge is 0.129 e. The Morgan fingerprint density at radius 1 is 1.12 bits per heavy atom. The molecule has 0 aliphatic heterocycles. The molecular weight excluding hydrogens is 239 g/mol. The summed E-state index contributed by atoms with van der Waals surface area (Å²) in [6.07, 6.45) is 0. The van der Waals surface area contributed by atoms with E-state index >= 15 is 0 Å². The molecule has 3 N–H and O–H groups in total. The first-order chi connectivity index (χ1) is 8.16. The van der Waals surface area contributed by atoms with Crippen molar-refractivity contribution in [2.75, 3.05) is 11.1 Å². The molecule has 2 nitrogen and oxygen atoms in total. The Morgan fingerprint density at radius 2 is 1.82 bits per heavy atom. The second-order valence-electron chi connectivity index (χ2n) is 3.68. The van der Waals surface area contributed by atoms with Gasteiger partial charge in [-0.3, -0.25) is 0 Å². The van der Waals surface area contributed by atoms with Gasteiger partial charge in [0, 0.05) is 28.5 Å². The predicted molar refractivity (Wildman–Crippen MR) is 69.6 cm³/mol. The van der Waals surface area contributed by atoms with E-state index in [0.29, 0.717) is 22.8 Å². The van der Waals surface area contributed by atoms with Crippen LogP contribution in [0.1, 0.15) is 5.56 Å². The summed E-state index contributed by atoms with van der Waals surface area (Å²) in [6.45, 7) is 0.343. The summed E-state index contributed by atoms with van der Waals surface area (Å²) >= 11 is 5.92. The van der Waals surface area contributed by atoms with Crippen LogP contribution in [-0.2, 0) is 6.54 Å². The summed E-state index contributed by atoms with van der Waals surface area (Å²) in [7, 11) is 0. The van der Waals surface area contributed by atoms with Crippen LogP contribution >= 0.6 is 11.6 Å². The van der Waals surface area contributed by atoms with Gasteiger partial charge < -0.3 is 11.1 Å². The molecule has 0 aliphatic rings. The fraction of sp³-hybridized carbons (Fsp3) is 0.0769. The topological polar surface area (TPSA) is 38.0 Å². The number of hydrogen-bond donors (Lipinski definition) is 2. The number of hydrogen-bond acceptors (Lipinski definition) is 2. The summed E-state index contributed by atoms with van der Waals surface area (Å²) in [6, 6.07) is 11.9. The van der Waals surface area contributed by atoms with Gasteiger partial charge in [-0.1, -0.05) is 17.7 Å². The zero-order valence-corrected chi connectivity index (χ0v) is 9.84. The van der Waals surface area contributed by atoms with Gasteiger partial charge in [-0.2, -0.15) is 0 Å². The van der Waals surface area contributed by atoms with E-state index in [1.807, 2.05) is 12.1 Å². The first kappa shape index (κ1) is 11.7. The maximum absolute atomic E-state index is 13.5. The number of anilines is 2. The quantitative estimate of drug-likeness (QED) is 0.816. The molecule has 2 aromatic carbocycles. The van der Waals surface area contributed by atoms with Crippen molar-refractivity contribution in [3.05, 3.63) is 58.9 Å². The lowest BCUT2D eigenvalue weighted by Gasteiger charge is -2.09. The molecule has 0 aliphatic carbocycles. The minimum Gasteiger partial charge on any atom is -0.399 e. The van der Waals surface area contributed by atoms with Crippen LogP contribution in [0.5, 0.6) is 0 Å². The van der Waals surface area contributed by atoms with Crippen LogP contribution < -0.4 is 11.1 Å². The normalized spacial score (nSPS) is 10.2. The zero-order valence-electron chi connectivity index (χ0n) is 9.08. The van der Waals surface area contributed by atoms with Gasteiger partial charge in [-0.05, 0) is 36.4 Å². The highest BCUT2D eigenvalue weighted by Gasteiger charge is 2.05. The van der Waals surface area contributed by atoms with Crippen LogP contribution in [-0.4, -0.2) is 0 Å². The Hall–Kier alpha value is -1.74. The standard InChI is InChI=1S/C13H12ClFN2/c14-12-2-1-3-13(15)11(12)8-17-10-6-4-9(16)5-7-10/h1-7,17H,8,16H2. The molecule has 0 aromatic heterocycles. The lowest BCUT2D eigenvalue weighted by molar-refractivity contribution is 0.613. The van der Waals surface area contributed by atoms with Crippen LogP contribution in [0.15, 0.2) is 42.5 Å². The van der Waals surface area contributed by atoms with Crippen LogP contribution in [0, 0.1) is 5.82 Å². The van der Waals surface area contributed by atoms with Gasteiger partial charge in [0.2, 0.25) is 0 Å². The molecule has 0 saturated carbocycles. The van der Waals surface area contributed by atoms with Crippen molar-refractivity contribution in [1.82, 2.24) is 0 Å². The predicted octanol–water partition coefficient (Wildman–Crippen LogP) is 3.67. The third-order valence-corrected chi connectivity index (χ3v) is 2.80. The Kier molecular flexibility index (Phi) is 3.49. The molecule has 0 radical (unpaired) electrons. The van der Waals surface area contributed by atoms with E-state index in [2.05, 4.69) is 5.32 Å². The van der Waals surface area contributed by atoms with Crippen LogP contribution in [0.2, 0.25) is 5.02 Å². The highest BCUT2D eigenvalue weighted by Crippen LogP contribution is 2.20. The molecule has 0 unspecified atom stereocenters. The van der Waals surface area contributed by atoms with E-state index in [-0.39, 0.29) is 5.82 Å². The first-order valence-electron chi connectivity index (χ1n) is 5.19. The molecule has 0 heterocycles. The summed E-state index contributed by atoms with van der Waals surface area (Å²) in [5.41, 5.74) is 7.60. The van der Waals surface area contributed by atoms with Crippen LogP contribution in [0.25, 0.3) is 0 Å². The molecule has 0 amide bonds. The monoisotopic (exact) mass is 250 g/mol. The van der Waals surface area contributed by atoms with Crippen molar-refractivity contribution in [1.29, 1.82) is 0 Å². The van der Waals surface area contributed by atoms with Crippen molar-refractivity contribution in [3.63, 3.8) is 0 Å². The molecule has 2 aromatic rings. The van der Waals surface area contributed by atoms with Crippen molar-refractivity contribution in [3.8, 4) is 0 Å². The maximum Gasteiger partial charge on any atom is 0.129 e. The van der Waals surface area contributed by atoms with Gasteiger partial charge in [-0.15, -0.1) is 0 Å². The largest absolute Gasteiger partial charge is 0.399 e. The number of halogens is 2. The molecule has 0 atom stereocenters. The van der Waals surface area contributed by atoms with E-state index in [1.165, 1.54) is 6.07 Å². The Bertz CT molecular complexity index is 491. The molecule has 0 saturated heterocycles. The Balaban J connectivity index is 2.10. The van der Waals surface area contributed by atoms with E-state index in [4.69, 9.17) is 17.3 Å². The van der Waals surface area contributed by atoms with E-state index in [1.54, 1.807) is 24.3 Å². The lowest BCUT2D eigenvalue weighted by Crippen LogP contribution is -2.02. The number of nitrogen functional groups attached to an aromatic ring is 1. The molecular formula is C13H12ClFN2. The number of nitrogens with one attached hydrogen (secondary N) is 1. The summed E-state index contributed by atoms with van der Waals surface area (Å²) in [5, 5.41) is 3.51. The summed E-state index contributed by atoms with van der Waals surface area (Å²) in [4.78, 5) is 0. The number of nitrogens with two attached hydrogens (primary N) is 1. The highest BCUT2D eigenvalue weighted by atomic mass is 35.5. The second kappa shape index (κ2) is 5.06. The summed E-state index contributed by atoms with van der Waals surface area (Å²) < 4.78 is 13.5. The maximum atomic E-state index is 13.5. The highest BCUT2D eigenvalue weighted by molar-refractivity contribution is 6.31. The van der Waals surface area contributed by atoms with Gasteiger partial charge in [0.05, 0.1) is 0 Å². The average Bonchev–Trinajstić information content (AvgIpc) is 2.31. The van der Waals surface area contributed by atoms with Crippen molar-refractivity contribution < 1.29 is 4.39 Å². The van der Waals surface area contributed by atoms with E-state index in [9.17, 15) is 4.39 Å². The van der Waals surface area contributed by atoms with Crippen LogP contribution in [0.4, 0.5) is 15.8 Å². The molecule has 0 spiro atoms. The zero-order chi connectivity index (χ0) is 12.3.